The topological polar surface area (TPSA) is 78.4 Å². The number of halogens is 2. The van der Waals surface area contributed by atoms with Crippen LogP contribution in [0.1, 0.15) is 11.7 Å². The molecule has 5 nitrogen and oxygen atoms in total. The second kappa shape index (κ2) is 7.59. The molecule has 0 saturated heterocycles. The number of rotatable bonds is 4. The van der Waals surface area contributed by atoms with Gasteiger partial charge in [-0.1, -0.05) is 18.2 Å². The van der Waals surface area contributed by atoms with E-state index >= 15 is 0 Å². The number of nitrogens with one attached hydrogen (secondary N) is 2. The number of carbonyl (C=O) groups excluding carboxylic acids is 2. The quantitative estimate of drug-likeness (QED) is 0.613. The lowest BCUT2D eigenvalue weighted by Gasteiger charge is -2.11. The van der Waals surface area contributed by atoms with Crippen molar-refractivity contribution in [2.75, 3.05) is 11.9 Å². The highest BCUT2D eigenvalue weighted by molar-refractivity contribution is 7.17. The molecule has 3 rings (SSSR count). The Hall–Kier alpha value is -2.84. The minimum Gasteiger partial charge on any atom is -0.387 e. The lowest BCUT2D eigenvalue weighted by Crippen LogP contribution is -2.37. The van der Waals surface area contributed by atoms with Crippen molar-refractivity contribution >= 4 is 38.9 Å². The number of fused-ring (bicyclic) bond motifs is 1. The Bertz CT molecular complexity index is 974. The van der Waals surface area contributed by atoms with Crippen molar-refractivity contribution in [2.24, 2.45) is 0 Å². The number of hydrogen-bond donors (Lipinski definition) is 3. The first-order valence-corrected chi connectivity index (χ1v) is 8.52. The SMILES string of the molecule is O=C(NCC(O)c1csc2ccccc12)C(=O)Nc1ccc(F)c(F)c1. The molecule has 1 heterocycles. The van der Waals surface area contributed by atoms with Crippen LogP contribution >= 0.6 is 11.3 Å². The fourth-order valence-electron chi connectivity index (χ4n) is 2.40. The second-order valence-electron chi connectivity index (χ2n) is 5.50. The Labute approximate surface area is 151 Å². The molecule has 2 amide bonds. The summed E-state index contributed by atoms with van der Waals surface area (Å²) in [5.74, 6) is -4.23. The highest BCUT2D eigenvalue weighted by atomic mass is 32.1. The maximum absolute atomic E-state index is 13.1. The highest BCUT2D eigenvalue weighted by Crippen LogP contribution is 2.29. The maximum Gasteiger partial charge on any atom is 0.313 e. The molecule has 0 radical (unpaired) electrons. The van der Waals surface area contributed by atoms with Crippen molar-refractivity contribution in [2.45, 2.75) is 6.10 Å². The smallest absolute Gasteiger partial charge is 0.313 e. The third kappa shape index (κ3) is 3.87. The Kier molecular flexibility index (Phi) is 5.24. The number of thiophene rings is 1. The van der Waals surface area contributed by atoms with E-state index in [0.717, 1.165) is 28.3 Å². The summed E-state index contributed by atoms with van der Waals surface area (Å²) in [6.45, 7) is -0.162. The zero-order valence-electron chi connectivity index (χ0n) is 13.3. The van der Waals surface area contributed by atoms with Crippen molar-refractivity contribution in [3.05, 3.63) is 65.0 Å². The number of carbonyl (C=O) groups is 2. The molecule has 0 aliphatic heterocycles. The van der Waals surface area contributed by atoms with E-state index in [0.29, 0.717) is 5.56 Å². The van der Waals surface area contributed by atoms with Crippen molar-refractivity contribution in [3.63, 3.8) is 0 Å². The van der Waals surface area contributed by atoms with E-state index in [2.05, 4.69) is 10.6 Å². The largest absolute Gasteiger partial charge is 0.387 e. The van der Waals surface area contributed by atoms with Gasteiger partial charge in [0.2, 0.25) is 0 Å². The molecule has 0 aliphatic carbocycles. The standard InChI is InChI=1S/C18H14F2N2O3S/c19-13-6-5-10(7-14(13)20)22-18(25)17(24)21-8-15(23)12-9-26-16-4-2-1-3-11(12)16/h1-7,9,15,23H,8H2,(H,21,24)(H,22,25). The lowest BCUT2D eigenvalue weighted by molar-refractivity contribution is -0.136. The summed E-state index contributed by atoms with van der Waals surface area (Å²) in [5, 5.41) is 17.4. The average Bonchev–Trinajstić information content (AvgIpc) is 3.06. The van der Waals surface area contributed by atoms with Crippen molar-refractivity contribution in [1.29, 1.82) is 0 Å². The monoisotopic (exact) mass is 376 g/mol. The van der Waals surface area contributed by atoms with Gasteiger partial charge < -0.3 is 15.7 Å². The minimum atomic E-state index is -1.14. The summed E-state index contributed by atoms with van der Waals surface area (Å²) in [6.07, 6.45) is -0.980. The Morgan fingerprint density at radius 3 is 2.62 bits per heavy atom. The molecule has 3 aromatic rings. The van der Waals surface area contributed by atoms with E-state index in [1.54, 1.807) is 5.38 Å². The zero-order chi connectivity index (χ0) is 18.7. The summed E-state index contributed by atoms with van der Waals surface area (Å²) in [4.78, 5) is 23.6. The van der Waals surface area contributed by atoms with Crippen molar-refractivity contribution in [1.82, 2.24) is 5.32 Å². The van der Waals surface area contributed by atoms with Gasteiger partial charge in [0.25, 0.3) is 0 Å². The molecule has 0 aliphatic rings. The fourth-order valence-corrected chi connectivity index (χ4v) is 3.41. The van der Waals surface area contributed by atoms with E-state index in [1.165, 1.54) is 11.3 Å². The summed E-state index contributed by atoms with van der Waals surface area (Å²) < 4.78 is 27.0. The molecular formula is C18H14F2N2O3S. The minimum absolute atomic E-state index is 0.0478. The number of aliphatic hydroxyl groups is 1. The number of hydrogen-bond acceptors (Lipinski definition) is 4. The highest BCUT2D eigenvalue weighted by Gasteiger charge is 2.18. The molecule has 2 aromatic carbocycles. The zero-order valence-corrected chi connectivity index (χ0v) is 14.1. The number of anilines is 1. The fraction of sp³-hybridized carbons (Fsp3) is 0.111. The van der Waals surface area contributed by atoms with Gasteiger partial charge in [-0.2, -0.15) is 0 Å². The van der Waals surface area contributed by atoms with Gasteiger partial charge in [-0.3, -0.25) is 9.59 Å². The summed E-state index contributed by atoms with van der Waals surface area (Å²) >= 11 is 1.47. The van der Waals surface area contributed by atoms with Gasteiger partial charge in [0.15, 0.2) is 11.6 Å². The Morgan fingerprint density at radius 1 is 1.08 bits per heavy atom. The molecule has 8 heteroatoms. The normalized spacial score (nSPS) is 12.0. The van der Waals surface area contributed by atoms with Crippen LogP contribution in [0.5, 0.6) is 0 Å². The molecule has 1 atom stereocenters. The van der Waals surface area contributed by atoms with Crippen molar-refractivity contribution in [3.8, 4) is 0 Å². The molecule has 0 spiro atoms. The second-order valence-corrected chi connectivity index (χ2v) is 6.41. The third-order valence-electron chi connectivity index (χ3n) is 3.71. The van der Waals surface area contributed by atoms with E-state index < -0.39 is 29.6 Å². The predicted octanol–water partition coefficient (Wildman–Crippen LogP) is 2.97. The van der Waals surface area contributed by atoms with Crippen LogP contribution in [0.4, 0.5) is 14.5 Å². The van der Waals surface area contributed by atoms with Gasteiger partial charge in [-0.15, -0.1) is 11.3 Å². The lowest BCUT2D eigenvalue weighted by atomic mass is 10.1. The molecular weight excluding hydrogens is 362 g/mol. The van der Waals surface area contributed by atoms with Crippen LogP contribution in [-0.4, -0.2) is 23.5 Å². The summed E-state index contributed by atoms with van der Waals surface area (Å²) in [7, 11) is 0. The van der Waals surface area contributed by atoms with Gasteiger partial charge in [-0.25, -0.2) is 8.78 Å². The Balaban J connectivity index is 1.59. The van der Waals surface area contributed by atoms with Gasteiger partial charge in [0.1, 0.15) is 0 Å². The van der Waals surface area contributed by atoms with Gasteiger partial charge >= 0.3 is 11.8 Å². The maximum atomic E-state index is 13.1. The number of amides is 2. The molecule has 0 saturated carbocycles. The van der Waals surface area contributed by atoms with Crippen molar-refractivity contribution < 1.29 is 23.5 Å². The number of aliphatic hydroxyl groups excluding tert-OH is 1. The molecule has 3 N–H and O–H groups in total. The van der Waals surface area contributed by atoms with Crippen LogP contribution in [0.25, 0.3) is 10.1 Å². The van der Waals surface area contributed by atoms with Crippen LogP contribution in [0.15, 0.2) is 47.8 Å². The summed E-state index contributed by atoms with van der Waals surface area (Å²) in [5.41, 5.74) is 0.611. The van der Waals surface area contributed by atoms with Crippen LogP contribution in [0.3, 0.4) is 0 Å². The molecule has 0 fully saturated rings. The Morgan fingerprint density at radius 2 is 1.85 bits per heavy atom. The first kappa shape index (κ1) is 18.0. The van der Waals surface area contributed by atoms with E-state index in [1.807, 2.05) is 24.3 Å². The molecule has 134 valence electrons. The van der Waals surface area contributed by atoms with E-state index in [-0.39, 0.29) is 12.2 Å². The van der Waals surface area contributed by atoms with Gasteiger partial charge in [-0.05, 0) is 29.0 Å². The van der Waals surface area contributed by atoms with Gasteiger partial charge in [0.05, 0.1) is 6.10 Å². The van der Waals surface area contributed by atoms with Gasteiger partial charge in [0, 0.05) is 28.6 Å². The molecule has 1 aromatic heterocycles. The van der Waals surface area contributed by atoms with E-state index in [4.69, 9.17) is 0 Å². The van der Waals surface area contributed by atoms with Crippen LogP contribution < -0.4 is 10.6 Å². The number of benzene rings is 2. The first-order chi connectivity index (χ1) is 12.5. The van der Waals surface area contributed by atoms with Crippen LogP contribution in [-0.2, 0) is 9.59 Å². The molecule has 1 unspecified atom stereocenters. The van der Waals surface area contributed by atoms with Crippen LogP contribution in [0, 0.1) is 11.6 Å². The van der Waals surface area contributed by atoms with Crippen LogP contribution in [0.2, 0.25) is 0 Å². The average molecular weight is 376 g/mol. The first-order valence-electron chi connectivity index (χ1n) is 7.64. The molecule has 0 bridgehead atoms. The summed E-state index contributed by atoms with van der Waals surface area (Å²) in [6, 6.07) is 10.3. The third-order valence-corrected chi connectivity index (χ3v) is 4.69. The predicted molar refractivity (Wildman–Crippen MR) is 94.8 cm³/mol. The molecule has 26 heavy (non-hydrogen) atoms. The van der Waals surface area contributed by atoms with E-state index in [9.17, 15) is 23.5 Å².